The topological polar surface area (TPSA) is 73.0 Å². The Morgan fingerprint density at radius 1 is 1.22 bits per heavy atom. The molecule has 4 nitrogen and oxygen atoms in total. The number of pyridine rings is 1. The standard InChI is InChI=1S/C12H11FN2O2S/c1-18(16,17)10-6-7-15-12(11(10)14)8-4-2-3-5-9(8)13/h2-7H,14H2,1H3. The second-order valence-corrected chi connectivity index (χ2v) is 5.81. The predicted octanol–water partition coefficient (Wildman–Crippen LogP) is 1.87. The Kier molecular flexibility index (Phi) is 3.04. The van der Waals surface area contributed by atoms with Crippen LogP contribution < -0.4 is 5.73 Å². The third-order valence-electron chi connectivity index (χ3n) is 2.48. The molecule has 94 valence electrons. The van der Waals surface area contributed by atoms with E-state index in [-0.39, 0.29) is 21.8 Å². The number of benzene rings is 1. The van der Waals surface area contributed by atoms with E-state index in [1.54, 1.807) is 6.07 Å². The van der Waals surface area contributed by atoms with E-state index >= 15 is 0 Å². The van der Waals surface area contributed by atoms with E-state index in [0.717, 1.165) is 6.26 Å². The molecule has 0 bridgehead atoms. The molecule has 0 aliphatic rings. The molecular formula is C12H11FN2O2S. The number of rotatable bonds is 2. The summed E-state index contributed by atoms with van der Waals surface area (Å²) in [5.74, 6) is -0.498. The number of nitrogens with two attached hydrogens (primary N) is 1. The van der Waals surface area contributed by atoms with Crippen LogP contribution >= 0.6 is 0 Å². The highest BCUT2D eigenvalue weighted by Crippen LogP contribution is 2.30. The van der Waals surface area contributed by atoms with Crippen molar-refractivity contribution in [3.8, 4) is 11.3 Å². The summed E-state index contributed by atoms with van der Waals surface area (Å²) in [6, 6.07) is 7.24. The van der Waals surface area contributed by atoms with E-state index in [2.05, 4.69) is 4.98 Å². The van der Waals surface area contributed by atoms with Crippen LogP contribution in [0.15, 0.2) is 41.4 Å². The molecule has 0 aliphatic heterocycles. The van der Waals surface area contributed by atoms with Crippen molar-refractivity contribution in [1.29, 1.82) is 0 Å². The van der Waals surface area contributed by atoms with Crippen LogP contribution in [0.4, 0.5) is 10.1 Å². The van der Waals surface area contributed by atoms with Gasteiger partial charge in [-0.25, -0.2) is 12.8 Å². The third kappa shape index (κ3) is 2.19. The number of hydrogen-bond donors (Lipinski definition) is 1. The number of anilines is 1. The van der Waals surface area contributed by atoms with Crippen molar-refractivity contribution in [1.82, 2.24) is 4.98 Å². The van der Waals surface area contributed by atoms with Crippen LogP contribution in [0, 0.1) is 5.82 Å². The molecule has 1 aromatic carbocycles. The largest absolute Gasteiger partial charge is 0.396 e. The first kappa shape index (κ1) is 12.5. The van der Waals surface area contributed by atoms with Gasteiger partial charge in [0.1, 0.15) is 5.82 Å². The predicted molar refractivity (Wildman–Crippen MR) is 67.2 cm³/mol. The summed E-state index contributed by atoms with van der Waals surface area (Å²) < 4.78 is 36.7. The summed E-state index contributed by atoms with van der Waals surface area (Å²) in [5.41, 5.74) is 6.04. The van der Waals surface area contributed by atoms with Crippen LogP contribution in [-0.4, -0.2) is 19.7 Å². The van der Waals surface area contributed by atoms with Gasteiger partial charge in [0.25, 0.3) is 0 Å². The Bertz CT molecular complexity index is 699. The number of nitrogen functional groups attached to an aromatic ring is 1. The molecule has 1 heterocycles. The molecule has 2 rings (SSSR count). The lowest BCUT2D eigenvalue weighted by Crippen LogP contribution is -2.05. The second-order valence-electron chi connectivity index (χ2n) is 3.82. The molecule has 0 unspecified atom stereocenters. The van der Waals surface area contributed by atoms with Crippen molar-refractivity contribution in [2.45, 2.75) is 4.90 Å². The molecule has 0 saturated heterocycles. The smallest absolute Gasteiger partial charge is 0.177 e. The molecule has 6 heteroatoms. The normalized spacial score (nSPS) is 11.4. The zero-order valence-electron chi connectivity index (χ0n) is 9.59. The van der Waals surface area contributed by atoms with Gasteiger partial charge in [0.05, 0.1) is 16.3 Å². The Labute approximate surface area is 104 Å². The molecule has 0 amide bonds. The number of halogens is 1. The van der Waals surface area contributed by atoms with Gasteiger partial charge in [-0.3, -0.25) is 4.98 Å². The maximum absolute atomic E-state index is 13.6. The summed E-state index contributed by atoms with van der Waals surface area (Å²) in [6.45, 7) is 0. The van der Waals surface area contributed by atoms with Crippen LogP contribution in [-0.2, 0) is 9.84 Å². The van der Waals surface area contributed by atoms with Gasteiger partial charge in [0.2, 0.25) is 0 Å². The SMILES string of the molecule is CS(=O)(=O)c1ccnc(-c2ccccc2F)c1N. The summed E-state index contributed by atoms with van der Waals surface area (Å²) in [4.78, 5) is 3.91. The van der Waals surface area contributed by atoms with E-state index in [4.69, 9.17) is 5.73 Å². The molecule has 18 heavy (non-hydrogen) atoms. The lowest BCUT2D eigenvalue weighted by atomic mass is 10.1. The van der Waals surface area contributed by atoms with Crippen LogP contribution in [0.2, 0.25) is 0 Å². The van der Waals surface area contributed by atoms with E-state index < -0.39 is 15.7 Å². The summed E-state index contributed by atoms with van der Waals surface area (Å²) in [7, 11) is -3.46. The Morgan fingerprint density at radius 2 is 1.89 bits per heavy atom. The second kappa shape index (κ2) is 4.38. The minimum Gasteiger partial charge on any atom is -0.396 e. The van der Waals surface area contributed by atoms with Crippen molar-refractivity contribution >= 4 is 15.5 Å². The molecule has 2 aromatic rings. The van der Waals surface area contributed by atoms with Crippen LogP contribution in [0.3, 0.4) is 0 Å². The van der Waals surface area contributed by atoms with E-state index in [1.807, 2.05) is 0 Å². The highest BCUT2D eigenvalue weighted by Gasteiger charge is 2.17. The first-order chi connectivity index (χ1) is 8.41. The van der Waals surface area contributed by atoms with Gasteiger partial charge in [0, 0.05) is 18.0 Å². The van der Waals surface area contributed by atoms with Crippen molar-refractivity contribution in [2.75, 3.05) is 12.0 Å². The minimum atomic E-state index is -3.46. The fraction of sp³-hybridized carbons (Fsp3) is 0.0833. The van der Waals surface area contributed by atoms with Gasteiger partial charge in [-0.1, -0.05) is 12.1 Å². The number of aromatic nitrogens is 1. The van der Waals surface area contributed by atoms with Crippen LogP contribution in [0.5, 0.6) is 0 Å². The summed E-state index contributed by atoms with van der Waals surface area (Å²) >= 11 is 0. The lowest BCUT2D eigenvalue weighted by molar-refractivity contribution is 0.602. The molecule has 1 aromatic heterocycles. The molecule has 0 aliphatic carbocycles. The first-order valence-electron chi connectivity index (χ1n) is 5.10. The fourth-order valence-electron chi connectivity index (χ4n) is 1.65. The van der Waals surface area contributed by atoms with Crippen LogP contribution in [0.25, 0.3) is 11.3 Å². The zero-order chi connectivity index (χ0) is 13.3. The number of sulfone groups is 1. The van der Waals surface area contributed by atoms with Crippen LogP contribution in [0.1, 0.15) is 0 Å². The maximum Gasteiger partial charge on any atom is 0.177 e. The number of nitrogens with zero attached hydrogens (tertiary/aromatic N) is 1. The van der Waals surface area contributed by atoms with Gasteiger partial charge in [-0.2, -0.15) is 0 Å². The maximum atomic E-state index is 13.6. The van der Waals surface area contributed by atoms with Crippen molar-refractivity contribution < 1.29 is 12.8 Å². The molecule has 2 N–H and O–H groups in total. The molecule has 0 spiro atoms. The van der Waals surface area contributed by atoms with E-state index in [0.29, 0.717) is 0 Å². The Hall–Kier alpha value is -1.95. The molecular weight excluding hydrogens is 255 g/mol. The first-order valence-corrected chi connectivity index (χ1v) is 7.00. The summed E-state index contributed by atoms with van der Waals surface area (Å²) in [6.07, 6.45) is 2.35. The average Bonchev–Trinajstić information content (AvgIpc) is 2.29. The molecule has 0 radical (unpaired) electrons. The van der Waals surface area contributed by atoms with Gasteiger partial charge >= 0.3 is 0 Å². The Balaban J connectivity index is 2.72. The minimum absolute atomic E-state index is 0.0369. The Morgan fingerprint density at radius 3 is 2.50 bits per heavy atom. The highest BCUT2D eigenvalue weighted by atomic mass is 32.2. The highest BCUT2D eigenvalue weighted by molar-refractivity contribution is 7.90. The van der Waals surface area contributed by atoms with Crippen molar-refractivity contribution in [3.05, 3.63) is 42.3 Å². The monoisotopic (exact) mass is 266 g/mol. The van der Waals surface area contributed by atoms with E-state index in [1.165, 1.54) is 30.5 Å². The molecule has 0 fully saturated rings. The average molecular weight is 266 g/mol. The summed E-state index contributed by atoms with van der Waals surface area (Å²) in [5, 5.41) is 0. The fourth-order valence-corrected chi connectivity index (χ4v) is 2.45. The van der Waals surface area contributed by atoms with E-state index in [9.17, 15) is 12.8 Å². The van der Waals surface area contributed by atoms with Crippen molar-refractivity contribution in [2.24, 2.45) is 0 Å². The van der Waals surface area contributed by atoms with Gasteiger partial charge in [-0.05, 0) is 18.2 Å². The van der Waals surface area contributed by atoms with Gasteiger partial charge in [0.15, 0.2) is 9.84 Å². The third-order valence-corrected chi connectivity index (χ3v) is 3.63. The van der Waals surface area contributed by atoms with Gasteiger partial charge < -0.3 is 5.73 Å². The van der Waals surface area contributed by atoms with Gasteiger partial charge in [-0.15, -0.1) is 0 Å². The van der Waals surface area contributed by atoms with Crippen molar-refractivity contribution in [3.63, 3.8) is 0 Å². The quantitative estimate of drug-likeness (QED) is 0.900. The molecule has 0 saturated carbocycles. The molecule has 0 atom stereocenters. The number of hydrogen-bond acceptors (Lipinski definition) is 4. The lowest BCUT2D eigenvalue weighted by Gasteiger charge is -2.09. The zero-order valence-corrected chi connectivity index (χ0v) is 10.4.